The molecule has 2 aromatic rings. The monoisotopic (exact) mass is 881 g/mol. The van der Waals surface area contributed by atoms with Crippen LogP contribution in [0.25, 0.3) is 17.0 Å². The molecule has 17 heteroatoms. The van der Waals surface area contributed by atoms with Crippen LogP contribution in [0.15, 0.2) is 36.4 Å². The summed E-state index contributed by atoms with van der Waals surface area (Å²) in [4.78, 5) is 59.0. The van der Waals surface area contributed by atoms with Crippen molar-refractivity contribution in [2.45, 2.75) is 140 Å². The molecule has 326 valence electrons. The Bertz CT molecular complexity index is 1880. The van der Waals surface area contributed by atoms with E-state index in [1.54, 1.807) is 13.8 Å². The van der Waals surface area contributed by atoms with E-state index < -0.39 is 69.3 Å². The van der Waals surface area contributed by atoms with Crippen LogP contribution in [0.1, 0.15) is 105 Å². The molecular weight excluding hydrogens is 825 g/mol. The molecule has 2 amide bonds. The number of epoxide rings is 1. The Morgan fingerprint density at radius 3 is 2.46 bits per heavy atom. The van der Waals surface area contributed by atoms with Gasteiger partial charge in [-0.3, -0.25) is 34.5 Å². The lowest BCUT2D eigenvalue weighted by molar-refractivity contribution is -0.177. The molecule has 7 atom stereocenters. The number of hydrazine groups is 1. The zero-order chi connectivity index (χ0) is 43.5. The first-order chi connectivity index (χ1) is 27.4. The van der Waals surface area contributed by atoms with E-state index in [0.717, 1.165) is 22.2 Å². The maximum atomic E-state index is 14.4. The number of nitrogens with zero attached hydrogens (tertiary/aromatic N) is 2. The summed E-state index contributed by atoms with van der Waals surface area (Å²) in [6.45, 7) is 17.0. The van der Waals surface area contributed by atoms with E-state index in [-0.39, 0.29) is 30.7 Å². The maximum absolute atomic E-state index is 14.4. The maximum Gasteiger partial charge on any atom is 0.325 e. The summed E-state index contributed by atoms with van der Waals surface area (Å²) >= 11 is 17.1. The number of esters is 2. The zero-order valence-electron chi connectivity index (χ0n) is 35.2. The molecule has 3 fully saturated rings. The van der Waals surface area contributed by atoms with Crippen LogP contribution in [0.4, 0.5) is 0 Å². The predicted molar refractivity (Wildman–Crippen MR) is 225 cm³/mol. The van der Waals surface area contributed by atoms with Gasteiger partial charge in [-0.15, -0.1) is 0 Å². The summed E-state index contributed by atoms with van der Waals surface area (Å²) in [6, 6.07) is 7.97. The molecule has 3 aliphatic rings. The van der Waals surface area contributed by atoms with Crippen LogP contribution in [-0.4, -0.2) is 99.2 Å². The van der Waals surface area contributed by atoms with Crippen molar-refractivity contribution in [1.82, 2.24) is 26.1 Å². The number of aromatic nitrogens is 1. The third-order valence-electron chi connectivity index (χ3n) is 10.2. The second kappa shape index (κ2) is 18.9. The number of nitrogens with one attached hydrogen (secondary N) is 3. The number of halogens is 3. The Hall–Kier alpha value is -3.08. The number of rotatable bonds is 14. The van der Waals surface area contributed by atoms with Crippen molar-refractivity contribution < 1.29 is 42.9 Å². The van der Waals surface area contributed by atoms with Crippen LogP contribution in [0, 0.1) is 11.3 Å². The van der Waals surface area contributed by atoms with Crippen LogP contribution in [0.5, 0.6) is 0 Å². The molecule has 3 saturated heterocycles. The first kappa shape index (κ1) is 47.0. The molecule has 5 rings (SSSR count). The second-order valence-corrected chi connectivity index (χ2v) is 20.1. The van der Waals surface area contributed by atoms with Crippen molar-refractivity contribution in [1.29, 1.82) is 0 Å². The molecule has 3 aliphatic heterocycles. The Morgan fingerprint density at radius 2 is 1.80 bits per heavy atom. The zero-order valence-corrected chi connectivity index (χ0v) is 37.5. The Balaban J connectivity index is 1.26. The fraction of sp³-hybridized carbons (Fsp3) is 0.643. The molecule has 0 bridgehead atoms. The molecule has 0 saturated carbocycles. The highest BCUT2D eigenvalue weighted by Crippen LogP contribution is 2.42. The minimum Gasteiger partial charge on any atom is -0.460 e. The number of benzene rings is 1. The van der Waals surface area contributed by atoms with E-state index in [9.17, 15) is 19.2 Å². The van der Waals surface area contributed by atoms with Crippen molar-refractivity contribution in [3.63, 3.8) is 0 Å². The first-order valence-electron chi connectivity index (χ1n) is 20.1. The number of alkyl halides is 3. The van der Waals surface area contributed by atoms with Gasteiger partial charge in [-0.25, -0.2) is 5.43 Å². The third kappa shape index (κ3) is 13.2. The van der Waals surface area contributed by atoms with Crippen LogP contribution in [-0.2, 0) is 42.9 Å². The highest BCUT2D eigenvalue weighted by molar-refractivity contribution is 6.67. The SMILES string of the molecule is CC(C)[C@H](OC(=O)C1(C=Cc2ccc3ccc([C@@H](C)NC4OC4OC(C)(C)C)nc3c2)CCOC(C)(C)C1)C(=O)N[C@@H](C)C(=O)N1CCC[C@@H](C(=O)OCC(Cl)(Cl)Cl)N1. The largest absolute Gasteiger partial charge is 0.460 e. The standard InChI is InChI=1S/C42H58Cl3N5O9/c1-24(2)32(33(51)46-26(4)35(52)50-19-10-11-30(49-50)36(53)55-23-42(43,44)45)57-38(54)41(18-20-56-40(8,9)22-41)17-16-27-12-13-28-14-15-29(48-31(28)21-27)25(3)47-34-37(58-34)59-39(5,6)7/h12-17,21,24-26,30,32,34,37,47,49H,10-11,18-20,22-23H2,1-9H3,(H,46,51)/t25-,26+,30+,32+,34?,37?,41?/m1/s1. The van der Waals surface area contributed by atoms with Gasteiger partial charge in [0.15, 0.2) is 18.6 Å². The molecule has 1 aromatic carbocycles. The van der Waals surface area contributed by atoms with E-state index in [1.807, 2.05) is 84.0 Å². The lowest BCUT2D eigenvalue weighted by Gasteiger charge is -2.42. The van der Waals surface area contributed by atoms with Gasteiger partial charge in [-0.1, -0.05) is 79.0 Å². The lowest BCUT2D eigenvalue weighted by Crippen LogP contribution is -2.60. The van der Waals surface area contributed by atoms with Gasteiger partial charge >= 0.3 is 11.9 Å². The number of ether oxygens (including phenoxy) is 5. The minimum absolute atomic E-state index is 0.0992. The van der Waals surface area contributed by atoms with Gasteiger partial charge in [0.05, 0.1) is 27.8 Å². The molecule has 59 heavy (non-hydrogen) atoms. The summed E-state index contributed by atoms with van der Waals surface area (Å²) < 4.78 is 27.0. The molecule has 4 heterocycles. The van der Waals surface area contributed by atoms with Crippen molar-refractivity contribution in [2.24, 2.45) is 11.3 Å². The summed E-state index contributed by atoms with van der Waals surface area (Å²) in [5, 5.41) is 8.37. The number of carbonyl (C=O) groups is 4. The second-order valence-electron chi connectivity index (χ2n) is 17.6. The van der Waals surface area contributed by atoms with Gasteiger partial charge in [0.1, 0.15) is 18.7 Å². The number of carbonyl (C=O) groups excluding carboxylic acids is 4. The first-order valence-corrected chi connectivity index (χ1v) is 21.2. The van der Waals surface area contributed by atoms with E-state index in [4.69, 9.17) is 63.5 Å². The Morgan fingerprint density at radius 1 is 1.08 bits per heavy atom. The number of hydrogen-bond donors (Lipinski definition) is 3. The van der Waals surface area contributed by atoms with Gasteiger partial charge < -0.3 is 29.0 Å². The predicted octanol–water partition coefficient (Wildman–Crippen LogP) is 6.45. The smallest absolute Gasteiger partial charge is 0.325 e. The fourth-order valence-corrected chi connectivity index (χ4v) is 7.38. The van der Waals surface area contributed by atoms with Crippen molar-refractivity contribution in [2.75, 3.05) is 19.8 Å². The van der Waals surface area contributed by atoms with Crippen LogP contribution in [0.2, 0.25) is 0 Å². The Kier molecular flexibility index (Phi) is 15.0. The summed E-state index contributed by atoms with van der Waals surface area (Å²) in [5.74, 6) is -2.78. The summed E-state index contributed by atoms with van der Waals surface area (Å²) in [6.07, 6.45) is 3.56. The van der Waals surface area contributed by atoms with Gasteiger partial charge in [0.25, 0.3) is 11.8 Å². The number of hydrogen-bond acceptors (Lipinski definition) is 12. The quantitative estimate of drug-likeness (QED) is 0.108. The molecule has 3 N–H and O–H groups in total. The van der Waals surface area contributed by atoms with Gasteiger partial charge in [-0.05, 0) is 97.8 Å². The van der Waals surface area contributed by atoms with E-state index in [1.165, 1.54) is 11.9 Å². The van der Waals surface area contributed by atoms with Crippen LogP contribution < -0.4 is 16.1 Å². The van der Waals surface area contributed by atoms with E-state index in [0.29, 0.717) is 32.3 Å². The van der Waals surface area contributed by atoms with Crippen molar-refractivity contribution in [3.8, 4) is 0 Å². The minimum atomic E-state index is -1.78. The average molecular weight is 883 g/mol. The highest BCUT2D eigenvalue weighted by Gasteiger charge is 2.48. The molecule has 14 nitrogen and oxygen atoms in total. The van der Waals surface area contributed by atoms with Gasteiger partial charge in [0, 0.05) is 24.6 Å². The third-order valence-corrected chi connectivity index (χ3v) is 10.6. The molecule has 0 spiro atoms. The van der Waals surface area contributed by atoms with Crippen molar-refractivity contribution >= 4 is 75.5 Å². The Labute approximate surface area is 361 Å². The summed E-state index contributed by atoms with van der Waals surface area (Å²) in [5.41, 5.74) is 3.23. The van der Waals surface area contributed by atoms with Gasteiger partial charge in [0.2, 0.25) is 3.79 Å². The van der Waals surface area contributed by atoms with E-state index >= 15 is 0 Å². The number of amides is 2. The topological polar surface area (TPSA) is 170 Å². The lowest BCUT2D eigenvalue weighted by atomic mass is 9.73. The number of pyridine rings is 1. The average Bonchev–Trinajstić information content (AvgIpc) is 3.87. The highest BCUT2D eigenvalue weighted by atomic mass is 35.6. The number of fused-ring (bicyclic) bond motifs is 1. The van der Waals surface area contributed by atoms with Gasteiger partial charge in [-0.2, -0.15) is 0 Å². The normalized spacial score (nSPS) is 25.0. The van der Waals surface area contributed by atoms with Crippen molar-refractivity contribution in [3.05, 3.63) is 47.7 Å². The summed E-state index contributed by atoms with van der Waals surface area (Å²) in [7, 11) is 0. The molecule has 0 radical (unpaired) electrons. The molecule has 0 aliphatic carbocycles. The molecule has 1 aromatic heterocycles. The fourth-order valence-electron chi connectivity index (χ4n) is 7.22. The van der Waals surface area contributed by atoms with E-state index in [2.05, 4.69) is 16.1 Å². The molecular formula is C42H58Cl3N5O9. The van der Waals surface area contributed by atoms with Crippen LogP contribution in [0.3, 0.4) is 0 Å². The van der Waals surface area contributed by atoms with Crippen LogP contribution >= 0.6 is 34.8 Å². The molecule has 3 unspecified atom stereocenters.